The Hall–Kier alpha value is -0.780. The van der Waals surface area contributed by atoms with Crippen LogP contribution in [0.2, 0.25) is 0 Å². The summed E-state index contributed by atoms with van der Waals surface area (Å²) < 4.78 is 11.5. The second-order valence-electron chi connectivity index (χ2n) is 3.21. The van der Waals surface area contributed by atoms with Crippen LogP contribution in [-0.4, -0.2) is 25.1 Å². The standard InChI is InChI=1S/C10H12BrNO3/c11-8-3-7(5-12-1-2-13)4-9-10(8)15-6-14-9/h3-4,12-13H,1-2,5-6H2. The monoisotopic (exact) mass is 273 g/mol. The SMILES string of the molecule is OCCNCc1cc(Br)c2c(c1)OCO2. The molecule has 0 aromatic heterocycles. The molecule has 0 spiro atoms. The third-order valence-electron chi connectivity index (χ3n) is 2.10. The van der Waals surface area contributed by atoms with Gasteiger partial charge < -0.3 is 19.9 Å². The lowest BCUT2D eigenvalue weighted by atomic mass is 10.2. The summed E-state index contributed by atoms with van der Waals surface area (Å²) in [6.07, 6.45) is 0. The molecule has 1 aromatic carbocycles. The van der Waals surface area contributed by atoms with Gasteiger partial charge in [0.15, 0.2) is 11.5 Å². The Labute approximate surface area is 96.3 Å². The Morgan fingerprint density at radius 3 is 3.07 bits per heavy atom. The molecule has 1 heterocycles. The molecule has 0 saturated heterocycles. The quantitative estimate of drug-likeness (QED) is 0.812. The van der Waals surface area contributed by atoms with Gasteiger partial charge in [-0.15, -0.1) is 0 Å². The maximum atomic E-state index is 8.64. The summed E-state index contributed by atoms with van der Waals surface area (Å²) in [6, 6.07) is 3.93. The number of nitrogens with one attached hydrogen (secondary N) is 1. The minimum atomic E-state index is 0.145. The van der Waals surface area contributed by atoms with Crippen molar-refractivity contribution in [1.82, 2.24) is 5.32 Å². The summed E-state index contributed by atoms with van der Waals surface area (Å²) in [5.41, 5.74) is 1.10. The molecule has 0 aliphatic carbocycles. The Morgan fingerprint density at radius 2 is 2.27 bits per heavy atom. The first-order valence-corrected chi connectivity index (χ1v) is 5.50. The van der Waals surface area contributed by atoms with Crippen molar-refractivity contribution < 1.29 is 14.6 Å². The molecule has 82 valence electrons. The predicted octanol–water partition coefficient (Wildman–Crippen LogP) is 1.26. The lowest BCUT2D eigenvalue weighted by molar-refractivity contribution is 0.173. The van der Waals surface area contributed by atoms with Crippen LogP contribution in [0.15, 0.2) is 16.6 Å². The minimum Gasteiger partial charge on any atom is -0.454 e. The maximum absolute atomic E-state index is 8.64. The zero-order chi connectivity index (χ0) is 10.7. The molecule has 2 rings (SSSR count). The number of hydrogen-bond acceptors (Lipinski definition) is 4. The molecule has 0 bridgehead atoms. The van der Waals surface area contributed by atoms with Crippen LogP contribution in [0, 0.1) is 0 Å². The topological polar surface area (TPSA) is 50.7 Å². The first-order valence-electron chi connectivity index (χ1n) is 4.71. The van der Waals surface area contributed by atoms with Crippen molar-refractivity contribution >= 4 is 15.9 Å². The lowest BCUT2D eigenvalue weighted by Gasteiger charge is -2.06. The van der Waals surface area contributed by atoms with Crippen molar-refractivity contribution in [2.75, 3.05) is 19.9 Å². The lowest BCUT2D eigenvalue weighted by Crippen LogP contribution is -2.17. The molecular weight excluding hydrogens is 262 g/mol. The van der Waals surface area contributed by atoms with Crippen LogP contribution >= 0.6 is 15.9 Å². The third kappa shape index (κ3) is 2.42. The molecule has 0 amide bonds. The van der Waals surface area contributed by atoms with E-state index in [-0.39, 0.29) is 13.4 Å². The molecule has 1 aliphatic heterocycles. The summed E-state index contributed by atoms with van der Waals surface area (Å²) >= 11 is 3.42. The molecule has 0 fully saturated rings. The van der Waals surface area contributed by atoms with Crippen LogP contribution in [0.3, 0.4) is 0 Å². The van der Waals surface area contributed by atoms with Gasteiger partial charge in [-0.05, 0) is 33.6 Å². The van der Waals surface area contributed by atoms with Gasteiger partial charge in [0.2, 0.25) is 6.79 Å². The van der Waals surface area contributed by atoms with Crippen molar-refractivity contribution in [3.63, 3.8) is 0 Å². The second-order valence-corrected chi connectivity index (χ2v) is 4.07. The van der Waals surface area contributed by atoms with Crippen LogP contribution < -0.4 is 14.8 Å². The van der Waals surface area contributed by atoms with Crippen molar-refractivity contribution in [2.45, 2.75) is 6.54 Å². The summed E-state index contributed by atoms with van der Waals surface area (Å²) in [6.45, 7) is 1.72. The Bertz CT molecular complexity index is 357. The molecule has 0 radical (unpaired) electrons. The predicted molar refractivity (Wildman–Crippen MR) is 59.1 cm³/mol. The Kier molecular flexibility index (Phi) is 3.45. The molecule has 4 nitrogen and oxygen atoms in total. The van der Waals surface area contributed by atoms with Gasteiger partial charge in [-0.3, -0.25) is 0 Å². The number of halogens is 1. The molecule has 0 saturated carbocycles. The van der Waals surface area contributed by atoms with Gasteiger partial charge in [-0.2, -0.15) is 0 Å². The number of hydrogen-bond donors (Lipinski definition) is 2. The summed E-state index contributed by atoms with van der Waals surface area (Å²) in [7, 11) is 0. The molecule has 0 unspecified atom stereocenters. The van der Waals surface area contributed by atoms with E-state index in [2.05, 4.69) is 21.2 Å². The second kappa shape index (κ2) is 4.83. The number of benzene rings is 1. The first-order chi connectivity index (χ1) is 7.31. The van der Waals surface area contributed by atoms with E-state index >= 15 is 0 Å². The average molecular weight is 274 g/mol. The molecule has 1 aliphatic rings. The van der Waals surface area contributed by atoms with Gasteiger partial charge in [0.1, 0.15) is 0 Å². The Morgan fingerprint density at radius 1 is 1.40 bits per heavy atom. The largest absolute Gasteiger partial charge is 0.454 e. The van der Waals surface area contributed by atoms with Gasteiger partial charge in [0, 0.05) is 13.1 Å². The van der Waals surface area contributed by atoms with Crippen molar-refractivity contribution in [1.29, 1.82) is 0 Å². The summed E-state index contributed by atoms with van der Waals surface area (Å²) in [5.74, 6) is 1.53. The van der Waals surface area contributed by atoms with E-state index < -0.39 is 0 Å². The van der Waals surface area contributed by atoms with E-state index in [1.807, 2.05) is 12.1 Å². The van der Waals surface area contributed by atoms with Crippen LogP contribution in [-0.2, 0) is 6.54 Å². The van der Waals surface area contributed by atoms with Crippen LogP contribution in [0.5, 0.6) is 11.5 Å². The van der Waals surface area contributed by atoms with Crippen LogP contribution in [0.25, 0.3) is 0 Å². The summed E-state index contributed by atoms with van der Waals surface area (Å²) in [5, 5.41) is 11.7. The van der Waals surface area contributed by atoms with Crippen molar-refractivity contribution in [3.8, 4) is 11.5 Å². The van der Waals surface area contributed by atoms with Crippen LogP contribution in [0.4, 0.5) is 0 Å². The molecule has 5 heteroatoms. The Balaban J connectivity index is 2.09. The van der Waals surface area contributed by atoms with Gasteiger partial charge in [-0.25, -0.2) is 0 Å². The smallest absolute Gasteiger partial charge is 0.231 e. The van der Waals surface area contributed by atoms with E-state index in [1.165, 1.54) is 0 Å². The van der Waals surface area contributed by atoms with Gasteiger partial charge >= 0.3 is 0 Å². The maximum Gasteiger partial charge on any atom is 0.231 e. The molecule has 1 aromatic rings. The number of ether oxygens (including phenoxy) is 2. The highest BCUT2D eigenvalue weighted by Crippen LogP contribution is 2.39. The average Bonchev–Trinajstić information content (AvgIpc) is 2.66. The normalized spacial score (nSPS) is 13.2. The fraction of sp³-hybridized carbons (Fsp3) is 0.400. The van der Waals surface area contributed by atoms with Crippen LogP contribution in [0.1, 0.15) is 5.56 Å². The van der Waals surface area contributed by atoms with E-state index in [0.717, 1.165) is 21.5 Å². The fourth-order valence-corrected chi connectivity index (χ4v) is 2.04. The highest BCUT2D eigenvalue weighted by Gasteiger charge is 2.17. The van der Waals surface area contributed by atoms with E-state index in [9.17, 15) is 0 Å². The molecule has 15 heavy (non-hydrogen) atoms. The number of aliphatic hydroxyl groups is 1. The van der Waals surface area contributed by atoms with E-state index in [1.54, 1.807) is 0 Å². The number of rotatable bonds is 4. The highest BCUT2D eigenvalue weighted by molar-refractivity contribution is 9.10. The summed E-state index contributed by atoms with van der Waals surface area (Å²) in [4.78, 5) is 0. The number of fused-ring (bicyclic) bond motifs is 1. The molecule has 0 atom stereocenters. The van der Waals surface area contributed by atoms with Gasteiger partial charge in [-0.1, -0.05) is 0 Å². The van der Waals surface area contributed by atoms with Crippen molar-refractivity contribution in [3.05, 3.63) is 22.2 Å². The first kappa shape index (κ1) is 10.7. The fourth-order valence-electron chi connectivity index (χ4n) is 1.43. The molecule has 2 N–H and O–H groups in total. The minimum absolute atomic E-state index is 0.145. The third-order valence-corrected chi connectivity index (χ3v) is 2.69. The van der Waals surface area contributed by atoms with E-state index in [0.29, 0.717) is 13.1 Å². The van der Waals surface area contributed by atoms with Gasteiger partial charge in [0.25, 0.3) is 0 Å². The number of aliphatic hydroxyl groups excluding tert-OH is 1. The van der Waals surface area contributed by atoms with E-state index in [4.69, 9.17) is 14.6 Å². The zero-order valence-electron chi connectivity index (χ0n) is 8.12. The zero-order valence-corrected chi connectivity index (χ0v) is 9.71. The molecular formula is C10H12BrNO3. The van der Waals surface area contributed by atoms with Gasteiger partial charge in [0.05, 0.1) is 11.1 Å². The highest BCUT2D eigenvalue weighted by atomic mass is 79.9. The van der Waals surface area contributed by atoms with Crippen molar-refractivity contribution in [2.24, 2.45) is 0 Å².